The molecule has 1 aliphatic rings. The van der Waals surface area contributed by atoms with Gasteiger partial charge in [-0.1, -0.05) is 47.5 Å². The lowest BCUT2D eigenvalue weighted by molar-refractivity contribution is 0.323. The molecule has 1 saturated carbocycles. The average Bonchev–Trinajstić information content (AvgIpc) is 2.91. The standard InChI is InChI=1S/C30H33Cl2N5O/c1-37(2)29-25-8-3-4-9-28(25)35-30(36-29)34-22-12-10-20(11-13-22)18-33-19-21-6-5-7-23(16-21)38-24-14-15-26(31)27(32)17-24/h3-9,14-17,20,22,33H,10-13,18-19H2,1-2H3,(H,34,35,36). The van der Waals surface area contributed by atoms with Gasteiger partial charge in [-0.05, 0) is 80.1 Å². The number of rotatable bonds is 9. The SMILES string of the molecule is CN(C)c1nc(NC2CCC(CNCc3cccc(Oc4ccc(Cl)c(Cl)c4)c3)CC2)nc2ccccc12. The molecule has 38 heavy (non-hydrogen) atoms. The summed E-state index contributed by atoms with van der Waals surface area (Å²) in [6.07, 6.45) is 4.60. The van der Waals surface area contributed by atoms with Gasteiger partial charge in [0.2, 0.25) is 5.95 Å². The Kier molecular flexibility index (Phi) is 8.52. The zero-order valence-corrected chi connectivity index (χ0v) is 23.3. The van der Waals surface area contributed by atoms with Gasteiger partial charge in [-0.3, -0.25) is 0 Å². The average molecular weight is 551 g/mol. The summed E-state index contributed by atoms with van der Waals surface area (Å²) >= 11 is 12.1. The topological polar surface area (TPSA) is 62.3 Å². The molecule has 0 spiro atoms. The van der Waals surface area contributed by atoms with Crippen molar-refractivity contribution in [3.63, 3.8) is 0 Å². The summed E-state index contributed by atoms with van der Waals surface area (Å²) in [7, 11) is 4.05. The van der Waals surface area contributed by atoms with Crippen LogP contribution in [0, 0.1) is 5.92 Å². The van der Waals surface area contributed by atoms with Crippen molar-refractivity contribution in [2.24, 2.45) is 5.92 Å². The van der Waals surface area contributed by atoms with Gasteiger partial charge < -0.3 is 20.3 Å². The lowest BCUT2D eigenvalue weighted by Gasteiger charge is -2.29. The molecule has 198 valence electrons. The summed E-state index contributed by atoms with van der Waals surface area (Å²) in [4.78, 5) is 11.6. The third kappa shape index (κ3) is 6.68. The zero-order chi connectivity index (χ0) is 26.5. The molecule has 5 rings (SSSR count). The Morgan fingerprint density at radius 1 is 0.868 bits per heavy atom. The number of nitrogens with one attached hydrogen (secondary N) is 2. The van der Waals surface area contributed by atoms with Crippen molar-refractivity contribution in [3.05, 3.63) is 82.3 Å². The number of fused-ring (bicyclic) bond motifs is 1. The van der Waals surface area contributed by atoms with Crippen molar-refractivity contribution in [1.82, 2.24) is 15.3 Å². The molecule has 2 N–H and O–H groups in total. The number of aromatic nitrogens is 2. The summed E-state index contributed by atoms with van der Waals surface area (Å²) in [6.45, 7) is 1.80. The number of halogens is 2. The maximum absolute atomic E-state index is 6.11. The summed E-state index contributed by atoms with van der Waals surface area (Å²) in [5.41, 5.74) is 2.15. The van der Waals surface area contributed by atoms with Crippen LogP contribution < -0.4 is 20.3 Å². The molecule has 0 saturated heterocycles. The summed E-state index contributed by atoms with van der Waals surface area (Å²) in [6, 6.07) is 22.0. The van der Waals surface area contributed by atoms with Gasteiger partial charge >= 0.3 is 0 Å². The molecule has 0 radical (unpaired) electrons. The van der Waals surface area contributed by atoms with Crippen LogP contribution in [-0.4, -0.2) is 36.6 Å². The highest BCUT2D eigenvalue weighted by Gasteiger charge is 2.22. The predicted octanol–water partition coefficient (Wildman–Crippen LogP) is 7.56. The number of para-hydroxylation sites is 1. The van der Waals surface area contributed by atoms with E-state index in [1.54, 1.807) is 12.1 Å². The predicted molar refractivity (Wildman–Crippen MR) is 158 cm³/mol. The molecular weight excluding hydrogens is 517 g/mol. The monoisotopic (exact) mass is 549 g/mol. The number of hydrogen-bond donors (Lipinski definition) is 2. The van der Waals surface area contributed by atoms with Crippen LogP contribution in [-0.2, 0) is 6.54 Å². The maximum atomic E-state index is 6.11. The van der Waals surface area contributed by atoms with Gasteiger partial charge in [0.1, 0.15) is 17.3 Å². The molecule has 0 amide bonds. The van der Waals surface area contributed by atoms with Crippen LogP contribution in [0.15, 0.2) is 66.7 Å². The lowest BCUT2D eigenvalue weighted by atomic mass is 9.86. The van der Waals surface area contributed by atoms with Crippen LogP contribution in [0.3, 0.4) is 0 Å². The summed E-state index contributed by atoms with van der Waals surface area (Å²) < 4.78 is 5.97. The zero-order valence-electron chi connectivity index (χ0n) is 21.8. The molecular formula is C30H33Cl2N5O. The van der Waals surface area contributed by atoms with Gasteiger partial charge in [0, 0.05) is 38.1 Å². The van der Waals surface area contributed by atoms with Crippen LogP contribution in [0.2, 0.25) is 10.0 Å². The first-order chi connectivity index (χ1) is 18.4. The Hall–Kier alpha value is -3.06. The Labute approximate surface area is 234 Å². The quantitative estimate of drug-likeness (QED) is 0.224. The van der Waals surface area contributed by atoms with Crippen LogP contribution in [0.1, 0.15) is 31.2 Å². The van der Waals surface area contributed by atoms with E-state index in [-0.39, 0.29) is 0 Å². The molecule has 4 aromatic rings. The molecule has 0 unspecified atom stereocenters. The maximum Gasteiger partial charge on any atom is 0.225 e. The van der Waals surface area contributed by atoms with E-state index in [0.717, 1.165) is 54.3 Å². The van der Waals surface area contributed by atoms with E-state index in [4.69, 9.17) is 37.9 Å². The second-order valence-electron chi connectivity index (χ2n) is 10.1. The number of ether oxygens (including phenoxy) is 1. The van der Waals surface area contributed by atoms with Crippen LogP contribution in [0.25, 0.3) is 10.9 Å². The molecule has 1 aromatic heterocycles. The minimum Gasteiger partial charge on any atom is -0.457 e. The van der Waals surface area contributed by atoms with Crippen LogP contribution >= 0.6 is 23.2 Å². The Balaban J connectivity index is 1.09. The van der Waals surface area contributed by atoms with Crippen molar-refractivity contribution in [3.8, 4) is 11.5 Å². The molecule has 0 atom stereocenters. The number of hydrogen-bond acceptors (Lipinski definition) is 6. The number of nitrogens with zero attached hydrogens (tertiary/aromatic N) is 3. The molecule has 1 heterocycles. The van der Waals surface area contributed by atoms with E-state index < -0.39 is 0 Å². The van der Waals surface area contributed by atoms with Crippen molar-refractivity contribution >= 4 is 45.9 Å². The van der Waals surface area contributed by atoms with Crippen molar-refractivity contribution in [1.29, 1.82) is 0 Å². The second kappa shape index (κ2) is 12.2. The van der Waals surface area contributed by atoms with Gasteiger partial charge in [0.15, 0.2) is 0 Å². The largest absolute Gasteiger partial charge is 0.457 e. The van der Waals surface area contributed by atoms with Gasteiger partial charge in [-0.2, -0.15) is 4.98 Å². The van der Waals surface area contributed by atoms with E-state index in [9.17, 15) is 0 Å². The molecule has 1 fully saturated rings. The van der Waals surface area contributed by atoms with E-state index in [1.807, 2.05) is 55.4 Å². The van der Waals surface area contributed by atoms with Crippen molar-refractivity contribution in [2.45, 2.75) is 38.3 Å². The fraction of sp³-hybridized carbons (Fsp3) is 0.333. The highest BCUT2D eigenvalue weighted by atomic mass is 35.5. The van der Waals surface area contributed by atoms with E-state index in [0.29, 0.717) is 27.8 Å². The molecule has 6 nitrogen and oxygen atoms in total. The fourth-order valence-electron chi connectivity index (χ4n) is 4.97. The first-order valence-corrected chi connectivity index (χ1v) is 13.8. The van der Waals surface area contributed by atoms with Crippen molar-refractivity contribution < 1.29 is 4.74 Å². The van der Waals surface area contributed by atoms with Crippen LogP contribution in [0.4, 0.5) is 11.8 Å². The third-order valence-corrected chi connectivity index (χ3v) is 7.71. The Bertz CT molecular complexity index is 1390. The molecule has 3 aromatic carbocycles. The first-order valence-electron chi connectivity index (χ1n) is 13.1. The number of anilines is 2. The number of benzene rings is 3. The minimum atomic E-state index is 0.401. The summed E-state index contributed by atoms with van der Waals surface area (Å²) in [5.74, 6) is 3.78. The smallest absolute Gasteiger partial charge is 0.225 e. The highest BCUT2D eigenvalue weighted by molar-refractivity contribution is 6.42. The molecule has 1 aliphatic carbocycles. The molecule has 0 bridgehead atoms. The van der Waals surface area contributed by atoms with E-state index in [2.05, 4.69) is 28.8 Å². The molecule has 0 aliphatic heterocycles. The third-order valence-electron chi connectivity index (χ3n) is 6.97. The van der Waals surface area contributed by atoms with E-state index in [1.165, 1.54) is 18.4 Å². The Morgan fingerprint density at radius 3 is 2.45 bits per heavy atom. The van der Waals surface area contributed by atoms with Crippen molar-refractivity contribution in [2.75, 3.05) is 30.9 Å². The van der Waals surface area contributed by atoms with Crippen LogP contribution in [0.5, 0.6) is 11.5 Å². The van der Waals surface area contributed by atoms with Gasteiger partial charge in [0.25, 0.3) is 0 Å². The summed E-state index contributed by atoms with van der Waals surface area (Å²) in [5, 5.41) is 9.31. The minimum absolute atomic E-state index is 0.401. The normalized spacial score (nSPS) is 17.4. The second-order valence-corrected chi connectivity index (χ2v) is 10.9. The van der Waals surface area contributed by atoms with E-state index >= 15 is 0 Å². The molecule has 8 heteroatoms. The van der Waals surface area contributed by atoms with Gasteiger partial charge in [-0.15, -0.1) is 0 Å². The lowest BCUT2D eigenvalue weighted by Crippen LogP contribution is -2.31. The van der Waals surface area contributed by atoms with Gasteiger partial charge in [0.05, 0.1) is 15.6 Å². The Morgan fingerprint density at radius 2 is 1.66 bits per heavy atom. The fourth-order valence-corrected chi connectivity index (χ4v) is 5.26. The van der Waals surface area contributed by atoms with Gasteiger partial charge in [-0.25, -0.2) is 4.98 Å². The first kappa shape index (κ1) is 26.5. The highest BCUT2D eigenvalue weighted by Crippen LogP contribution is 2.30.